The fourth-order valence-electron chi connectivity index (χ4n) is 3.85. The molecule has 1 saturated heterocycles. The number of esters is 1. The molecule has 180 valence electrons. The summed E-state index contributed by atoms with van der Waals surface area (Å²) in [6.07, 6.45) is 1.67. The third-order valence-corrected chi connectivity index (χ3v) is 7.15. The second-order valence-electron chi connectivity index (χ2n) is 7.94. The quantitative estimate of drug-likeness (QED) is 0.242. The van der Waals surface area contributed by atoms with Crippen LogP contribution in [-0.2, 0) is 16.1 Å². The molecule has 2 heterocycles. The first-order valence-corrected chi connectivity index (χ1v) is 12.3. The van der Waals surface area contributed by atoms with Gasteiger partial charge in [0, 0.05) is 12.1 Å². The number of benzene rings is 3. The van der Waals surface area contributed by atoms with Crippen LogP contribution >= 0.6 is 35.0 Å². The van der Waals surface area contributed by atoms with Crippen molar-refractivity contribution in [2.45, 2.75) is 6.54 Å². The van der Waals surface area contributed by atoms with E-state index in [4.69, 9.17) is 32.9 Å². The van der Waals surface area contributed by atoms with Crippen molar-refractivity contribution in [1.29, 1.82) is 0 Å². The van der Waals surface area contributed by atoms with E-state index >= 15 is 0 Å². The number of rotatable bonds is 5. The van der Waals surface area contributed by atoms with Gasteiger partial charge in [-0.3, -0.25) is 14.9 Å². The Kier molecular flexibility index (Phi) is 6.57. The largest absolute Gasteiger partial charge is 0.465 e. The van der Waals surface area contributed by atoms with Gasteiger partial charge in [0.15, 0.2) is 0 Å². The van der Waals surface area contributed by atoms with Crippen LogP contribution in [0, 0.1) is 0 Å². The Balaban J connectivity index is 1.53. The third kappa shape index (κ3) is 4.75. The molecule has 0 unspecified atom stereocenters. The molecule has 1 aromatic heterocycles. The Morgan fingerprint density at radius 2 is 1.75 bits per heavy atom. The molecule has 0 radical (unpaired) electrons. The first-order chi connectivity index (χ1) is 17.3. The molecule has 0 spiro atoms. The van der Waals surface area contributed by atoms with Crippen LogP contribution in [0.3, 0.4) is 0 Å². The summed E-state index contributed by atoms with van der Waals surface area (Å²) < 4.78 is 6.80. The number of aromatic nitrogens is 2. The lowest BCUT2D eigenvalue weighted by Crippen LogP contribution is -2.17. The summed E-state index contributed by atoms with van der Waals surface area (Å²) in [7, 11) is 1.34. The van der Waals surface area contributed by atoms with Gasteiger partial charge in [-0.1, -0.05) is 59.6 Å². The number of nitrogens with zero attached hydrogens (tertiary/aromatic N) is 2. The number of hydrogen-bond donors (Lipinski definition) is 1. The van der Waals surface area contributed by atoms with Crippen LogP contribution in [0.25, 0.3) is 28.5 Å². The van der Waals surface area contributed by atoms with Gasteiger partial charge in [-0.2, -0.15) is 0 Å². The fraction of sp³-hybridized carbons (Fsp3) is 0.0769. The molecule has 0 bridgehead atoms. The highest BCUT2D eigenvalue weighted by Crippen LogP contribution is 2.33. The zero-order valence-corrected chi connectivity index (χ0v) is 21.1. The molecule has 2 amide bonds. The van der Waals surface area contributed by atoms with Crippen LogP contribution < -0.4 is 5.32 Å². The van der Waals surface area contributed by atoms with Gasteiger partial charge >= 0.3 is 5.97 Å². The topological polar surface area (TPSA) is 90.3 Å². The number of carbonyl (C=O) groups is 3. The zero-order chi connectivity index (χ0) is 25.4. The lowest BCUT2D eigenvalue weighted by Gasteiger charge is -2.11. The second-order valence-corrected chi connectivity index (χ2v) is 9.77. The number of carbonyl (C=O) groups excluding carboxylic acids is 3. The number of nitrogens with one attached hydrogen (secondary N) is 1. The number of thioether (sulfide) groups is 1. The minimum absolute atomic E-state index is 0.347. The lowest BCUT2D eigenvalue weighted by molar-refractivity contribution is -0.115. The lowest BCUT2D eigenvalue weighted by atomic mass is 10.1. The Morgan fingerprint density at radius 3 is 2.39 bits per heavy atom. The van der Waals surface area contributed by atoms with Gasteiger partial charge in [0.1, 0.15) is 5.82 Å². The van der Waals surface area contributed by atoms with Gasteiger partial charge in [-0.05, 0) is 53.2 Å². The van der Waals surface area contributed by atoms with E-state index in [0.717, 1.165) is 34.0 Å². The van der Waals surface area contributed by atoms with Crippen molar-refractivity contribution < 1.29 is 19.1 Å². The number of hydrogen-bond acceptors (Lipinski definition) is 6. The van der Waals surface area contributed by atoms with Crippen molar-refractivity contribution in [3.8, 4) is 11.4 Å². The van der Waals surface area contributed by atoms with Crippen LogP contribution in [0.1, 0.15) is 21.5 Å². The molecule has 1 aliphatic heterocycles. The maximum atomic E-state index is 11.8. The van der Waals surface area contributed by atoms with E-state index in [1.807, 2.05) is 41.0 Å². The molecule has 1 N–H and O–H groups in total. The van der Waals surface area contributed by atoms with Gasteiger partial charge in [0.05, 0.1) is 38.7 Å². The first kappa shape index (κ1) is 24.1. The van der Waals surface area contributed by atoms with Gasteiger partial charge in [0.2, 0.25) is 0 Å². The zero-order valence-electron chi connectivity index (χ0n) is 18.7. The Morgan fingerprint density at radius 1 is 1.06 bits per heavy atom. The summed E-state index contributed by atoms with van der Waals surface area (Å²) in [6, 6.07) is 18.2. The monoisotopic (exact) mass is 537 g/mol. The molecule has 3 aromatic carbocycles. The standard InChI is InChI=1S/C26H17Cl2N3O4S/c1-35-25(33)17-8-4-15(5-9-17)13-31-21-12-19(28)18(27)11-20(21)29-23(31)16-6-2-14(3-7-16)10-22-24(32)30-26(34)36-22/h2-12H,13H2,1H3,(H,30,32,34)/b22-10+. The number of ether oxygens (including phenoxy) is 1. The van der Waals surface area contributed by atoms with E-state index in [9.17, 15) is 14.4 Å². The van der Waals surface area contributed by atoms with Gasteiger partial charge in [-0.25, -0.2) is 9.78 Å². The number of halogens is 2. The first-order valence-electron chi connectivity index (χ1n) is 10.7. The van der Waals surface area contributed by atoms with E-state index < -0.39 is 11.9 Å². The Bertz CT molecular complexity index is 1560. The molecule has 4 aromatic rings. The predicted octanol–water partition coefficient (Wildman–Crippen LogP) is 6.17. The van der Waals surface area contributed by atoms with Crippen molar-refractivity contribution in [2.75, 3.05) is 7.11 Å². The second kappa shape index (κ2) is 9.81. The van der Waals surface area contributed by atoms with E-state index in [1.54, 1.807) is 30.3 Å². The normalized spacial score (nSPS) is 14.5. The van der Waals surface area contributed by atoms with E-state index in [0.29, 0.717) is 38.4 Å². The van der Waals surface area contributed by atoms with E-state index in [2.05, 4.69) is 5.32 Å². The van der Waals surface area contributed by atoms with Crippen molar-refractivity contribution in [3.05, 3.63) is 92.3 Å². The van der Waals surface area contributed by atoms with Crippen molar-refractivity contribution in [3.63, 3.8) is 0 Å². The van der Waals surface area contributed by atoms with E-state index in [1.165, 1.54) is 7.11 Å². The summed E-state index contributed by atoms with van der Waals surface area (Å²) >= 11 is 13.4. The Labute approximate surface area is 220 Å². The molecular weight excluding hydrogens is 521 g/mol. The van der Waals surface area contributed by atoms with Crippen LogP contribution in [0.2, 0.25) is 10.0 Å². The average Bonchev–Trinajstić information content (AvgIpc) is 3.37. The molecule has 10 heteroatoms. The van der Waals surface area contributed by atoms with Crippen LogP contribution in [0.4, 0.5) is 4.79 Å². The summed E-state index contributed by atoms with van der Waals surface area (Å²) in [6.45, 7) is 0.468. The summed E-state index contributed by atoms with van der Waals surface area (Å²) in [5.74, 6) is -0.102. The summed E-state index contributed by atoms with van der Waals surface area (Å²) in [5.41, 5.74) is 4.52. The van der Waals surface area contributed by atoms with Crippen molar-refractivity contribution >= 4 is 69.2 Å². The molecule has 1 aliphatic rings. The highest BCUT2D eigenvalue weighted by Gasteiger charge is 2.25. The number of fused-ring (bicyclic) bond motifs is 1. The van der Waals surface area contributed by atoms with E-state index in [-0.39, 0.29) is 5.24 Å². The minimum Gasteiger partial charge on any atom is -0.465 e. The number of imidazole rings is 1. The third-order valence-electron chi connectivity index (χ3n) is 5.61. The highest BCUT2D eigenvalue weighted by atomic mass is 35.5. The summed E-state index contributed by atoms with van der Waals surface area (Å²) in [4.78, 5) is 40.2. The summed E-state index contributed by atoms with van der Waals surface area (Å²) in [5, 5.41) is 2.69. The number of imide groups is 1. The maximum absolute atomic E-state index is 11.8. The molecule has 7 nitrogen and oxygen atoms in total. The van der Waals surface area contributed by atoms with Crippen LogP contribution in [0.15, 0.2) is 65.6 Å². The van der Waals surface area contributed by atoms with Gasteiger partial charge in [0.25, 0.3) is 11.1 Å². The maximum Gasteiger partial charge on any atom is 0.337 e. The molecular formula is C26H17Cl2N3O4S. The van der Waals surface area contributed by atoms with Crippen LogP contribution in [-0.4, -0.2) is 33.8 Å². The number of methoxy groups -OCH3 is 1. The fourth-order valence-corrected chi connectivity index (χ4v) is 4.85. The molecule has 0 saturated carbocycles. The van der Waals surface area contributed by atoms with Crippen molar-refractivity contribution in [1.82, 2.24) is 14.9 Å². The number of amides is 2. The predicted molar refractivity (Wildman–Crippen MR) is 141 cm³/mol. The van der Waals surface area contributed by atoms with Gasteiger partial charge < -0.3 is 9.30 Å². The molecule has 5 rings (SSSR count). The minimum atomic E-state index is -0.400. The molecule has 36 heavy (non-hydrogen) atoms. The molecule has 1 fully saturated rings. The van der Waals surface area contributed by atoms with Gasteiger partial charge in [-0.15, -0.1) is 0 Å². The molecule has 0 aliphatic carbocycles. The Hall–Kier alpha value is -3.59. The average molecular weight is 538 g/mol. The van der Waals surface area contributed by atoms with Crippen molar-refractivity contribution in [2.24, 2.45) is 0 Å². The highest BCUT2D eigenvalue weighted by molar-refractivity contribution is 8.18. The molecule has 0 atom stereocenters. The smallest absolute Gasteiger partial charge is 0.337 e. The SMILES string of the molecule is COC(=O)c1ccc(Cn2c(-c3ccc(/C=C4/SC(=O)NC4=O)cc3)nc3cc(Cl)c(Cl)cc32)cc1. The van der Waals surface area contributed by atoms with Crippen LogP contribution in [0.5, 0.6) is 0 Å².